The standard InChI is InChI=1S/C21H20N4O4/c1-13-5-4-6-16(11-13)25-20(28)17(18(26)23-21(25)29)12-22-15-9-7-14(8-10-15)19(27)24(2)3/h4-12,28H,1-3H3,(H,23,26,29). The zero-order valence-electron chi connectivity index (χ0n) is 16.2. The van der Waals surface area contributed by atoms with Gasteiger partial charge < -0.3 is 10.0 Å². The molecule has 2 N–H and O–H groups in total. The predicted octanol–water partition coefficient (Wildman–Crippen LogP) is 1.99. The van der Waals surface area contributed by atoms with E-state index in [1.54, 1.807) is 56.6 Å². The van der Waals surface area contributed by atoms with Gasteiger partial charge in [-0.25, -0.2) is 9.36 Å². The zero-order chi connectivity index (χ0) is 21.1. The molecule has 0 bridgehead atoms. The van der Waals surface area contributed by atoms with Crippen LogP contribution in [0, 0.1) is 6.92 Å². The molecule has 0 aliphatic heterocycles. The van der Waals surface area contributed by atoms with E-state index in [9.17, 15) is 19.5 Å². The molecule has 0 aliphatic rings. The van der Waals surface area contributed by atoms with Crippen molar-refractivity contribution in [1.29, 1.82) is 0 Å². The van der Waals surface area contributed by atoms with Crippen molar-refractivity contribution in [1.82, 2.24) is 14.5 Å². The first kappa shape index (κ1) is 19.8. The molecule has 148 valence electrons. The fraction of sp³-hybridized carbons (Fsp3) is 0.143. The molecule has 0 aliphatic carbocycles. The maximum Gasteiger partial charge on any atom is 0.335 e. The lowest BCUT2D eigenvalue weighted by Gasteiger charge is -2.10. The lowest BCUT2D eigenvalue weighted by Crippen LogP contribution is -2.31. The number of carbonyl (C=O) groups is 1. The van der Waals surface area contributed by atoms with Gasteiger partial charge in [-0.15, -0.1) is 0 Å². The van der Waals surface area contributed by atoms with Crippen LogP contribution in [0.5, 0.6) is 5.88 Å². The van der Waals surface area contributed by atoms with Gasteiger partial charge in [0.05, 0.1) is 11.4 Å². The van der Waals surface area contributed by atoms with Gasteiger partial charge in [0.2, 0.25) is 5.88 Å². The fourth-order valence-corrected chi connectivity index (χ4v) is 2.75. The van der Waals surface area contributed by atoms with Crippen LogP contribution in [-0.2, 0) is 0 Å². The van der Waals surface area contributed by atoms with Crippen molar-refractivity contribution in [2.24, 2.45) is 4.99 Å². The number of hydrogen-bond donors (Lipinski definition) is 2. The van der Waals surface area contributed by atoms with Crippen molar-refractivity contribution in [3.05, 3.63) is 86.1 Å². The Morgan fingerprint density at radius 2 is 1.83 bits per heavy atom. The molecule has 0 atom stereocenters. The summed E-state index contributed by atoms with van der Waals surface area (Å²) in [5.41, 5.74) is 0.642. The van der Waals surface area contributed by atoms with Crippen LogP contribution >= 0.6 is 0 Å². The number of H-pyrrole nitrogens is 1. The van der Waals surface area contributed by atoms with Crippen molar-refractivity contribution in [3.63, 3.8) is 0 Å². The Morgan fingerprint density at radius 3 is 2.45 bits per heavy atom. The molecule has 0 unspecified atom stereocenters. The molecule has 3 rings (SSSR count). The van der Waals surface area contributed by atoms with Crippen LogP contribution in [0.1, 0.15) is 21.5 Å². The SMILES string of the molecule is Cc1cccc(-n2c(O)c(C=Nc3ccc(C(=O)N(C)C)cc3)c(=O)[nH]c2=O)c1. The van der Waals surface area contributed by atoms with Gasteiger partial charge in [-0.05, 0) is 48.9 Å². The summed E-state index contributed by atoms with van der Waals surface area (Å²) in [5, 5.41) is 10.6. The minimum absolute atomic E-state index is 0.139. The minimum atomic E-state index is -0.750. The highest BCUT2D eigenvalue weighted by Gasteiger charge is 2.14. The van der Waals surface area contributed by atoms with E-state index in [0.29, 0.717) is 16.9 Å². The predicted molar refractivity (Wildman–Crippen MR) is 111 cm³/mol. The van der Waals surface area contributed by atoms with Crippen LogP contribution in [0.25, 0.3) is 5.69 Å². The quantitative estimate of drug-likeness (QED) is 0.662. The molecule has 29 heavy (non-hydrogen) atoms. The lowest BCUT2D eigenvalue weighted by molar-refractivity contribution is 0.0827. The van der Waals surface area contributed by atoms with Crippen LogP contribution in [0.2, 0.25) is 0 Å². The summed E-state index contributed by atoms with van der Waals surface area (Å²) in [7, 11) is 3.32. The summed E-state index contributed by atoms with van der Waals surface area (Å²) < 4.78 is 1.01. The maximum atomic E-state index is 12.2. The number of amides is 1. The third-order valence-electron chi connectivity index (χ3n) is 4.24. The first-order valence-corrected chi connectivity index (χ1v) is 8.79. The van der Waals surface area contributed by atoms with Crippen molar-refractivity contribution in [2.45, 2.75) is 6.92 Å². The molecule has 0 saturated heterocycles. The summed E-state index contributed by atoms with van der Waals surface area (Å²) in [6.45, 7) is 1.85. The third kappa shape index (κ3) is 4.16. The van der Waals surface area contributed by atoms with Gasteiger partial charge in [0.25, 0.3) is 11.5 Å². The van der Waals surface area contributed by atoms with Gasteiger partial charge in [0.15, 0.2) is 0 Å². The number of carbonyl (C=O) groups excluding carboxylic acids is 1. The monoisotopic (exact) mass is 392 g/mol. The first-order valence-electron chi connectivity index (χ1n) is 8.79. The van der Waals surface area contributed by atoms with E-state index in [1.165, 1.54) is 11.1 Å². The second kappa shape index (κ2) is 7.97. The van der Waals surface area contributed by atoms with E-state index < -0.39 is 17.1 Å². The molecule has 8 heteroatoms. The number of rotatable bonds is 4. The Hall–Kier alpha value is -3.94. The van der Waals surface area contributed by atoms with Gasteiger partial charge in [-0.2, -0.15) is 0 Å². The Bertz CT molecular complexity index is 1200. The van der Waals surface area contributed by atoms with Crippen molar-refractivity contribution in [2.75, 3.05) is 14.1 Å². The molecule has 1 heterocycles. The molecule has 0 saturated carbocycles. The molecule has 1 aromatic heterocycles. The maximum absolute atomic E-state index is 12.2. The number of aliphatic imine (C=N–C) groups is 1. The molecule has 0 radical (unpaired) electrons. The average molecular weight is 392 g/mol. The van der Waals surface area contributed by atoms with E-state index in [4.69, 9.17) is 0 Å². The van der Waals surface area contributed by atoms with Gasteiger partial charge in [0, 0.05) is 25.9 Å². The second-order valence-electron chi connectivity index (χ2n) is 6.68. The van der Waals surface area contributed by atoms with Crippen LogP contribution in [0.3, 0.4) is 0 Å². The smallest absolute Gasteiger partial charge is 0.335 e. The van der Waals surface area contributed by atoms with Crippen molar-refractivity contribution >= 4 is 17.8 Å². The summed E-state index contributed by atoms with van der Waals surface area (Å²) >= 11 is 0. The molecule has 1 amide bonds. The van der Waals surface area contributed by atoms with E-state index in [2.05, 4.69) is 9.98 Å². The normalized spacial score (nSPS) is 11.0. The van der Waals surface area contributed by atoms with Crippen LogP contribution in [0.4, 0.5) is 5.69 Å². The summed E-state index contributed by atoms with van der Waals surface area (Å²) in [6, 6.07) is 13.4. The highest BCUT2D eigenvalue weighted by Crippen LogP contribution is 2.18. The third-order valence-corrected chi connectivity index (χ3v) is 4.24. The molecule has 3 aromatic rings. The van der Waals surface area contributed by atoms with Gasteiger partial charge in [-0.1, -0.05) is 12.1 Å². The van der Waals surface area contributed by atoms with E-state index >= 15 is 0 Å². The average Bonchev–Trinajstić information content (AvgIpc) is 2.67. The minimum Gasteiger partial charge on any atom is -0.493 e. The highest BCUT2D eigenvalue weighted by molar-refractivity contribution is 5.94. The fourth-order valence-electron chi connectivity index (χ4n) is 2.75. The number of hydrogen-bond acceptors (Lipinski definition) is 5. The Balaban J connectivity index is 1.99. The van der Waals surface area contributed by atoms with Crippen LogP contribution < -0.4 is 11.2 Å². The molecule has 8 nitrogen and oxygen atoms in total. The van der Waals surface area contributed by atoms with Gasteiger partial charge >= 0.3 is 5.69 Å². The number of aryl methyl sites for hydroxylation is 1. The Kier molecular flexibility index (Phi) is 5.45. The van der Waals surface area contributed by atoms with Gasteiger partial charge in [0.1, 0.15) is 5.56 Å². The van der Waals surface area contributed by atoms with E-state index in [0.717, 1.165) is 10.1 Å². The van der Waals surface area contributed by atoms with Gasteiger partial charge in [-0.3, -0.25) is 19.6 Å². The van der Waals surface area contributed by atoms with Crippen LogP contribution in [0.15, 0.2) is 63.1 Å². The topological polar surface area (TPSA) is 108 Å². The first-order chi connectivity index (χ1) is 13.8. The molecule has 0 spiro atoms. The number of aromatic hydroxyl groups is 1. The zero-order valence-corrected chi connectivity index (χ0v) is 16.2. The van der Waals surface area contributed by atoms with Crippen molar-refractivity contribution < 1.29 is 9.90 Å². The lowest BCUT2D eigenvalue weighted by atomic mass is 10.2. The Morgan fingerprint density at radius 1 is 1.14 bits per heavy atom. The number of benzene rings is 2. The summed E-state index contributed by atoms with van der Waals surface area (Å²) in [5.74, 6) is -0.646. The number of nitrogens with zero attached hydrogens (tertiary/aromatic N) is 3. The second-order valence-corrected chi connectivity index (χ2v) is 6.68. The van der Waals surface area contributed by atoms with Crippen molar-refractivity contribution in [3.8, 4) is 11.6 Å². The van der Waals surface area contributed by atoms with E-state index in [-0.39, 0.29) is 11.5 Å². The number of nitrogens with one attached hydrogen (secondary N) is 1. The largest absolute Gasteiger partial charge is 0.493 e. The van der Waals surface area contributed by atoms with E-state index in [1.807, 2.05) is 13.0 Å². The Labute approximate surface area is 166 Å². The number of aromatic nitrogens is 2. The molecule has 2 aromatic carbocycles. The highest BCUT2D eigenvalue weighted by atomic mass is 16.3. The molecule has 0 fully saturated rings. The molecular weight excluding hydrogens is 372 g/mol. The summed E-state index contributed by atoms with van der Waals surface area (Å²) in [6.07, 6.45) is 1.18. The van der Waals surface area contributed by atoms with Crippen LogP contribution in [-0.4, -0.2) is 45.8 Å². The molecular formula is C21H20N4O4. The number of aromatic amines is 1. The summed E-state index contributed by atoms with van der Waals surface area (Å²) in [4.78, 5) is 44.2.